The molecule has 3 rings (SSSR count). The molecule has 0 atom stereocenters. The van der Waals surface area contributed by atoms with Gasteiger partial charge >= 0.3 is 0 Å². The van der Waals surface area contributed by atoms with Gasteiger partial charge in [-0.1, -0.05) is 30.3 Å². The molecule has 0 unspecified atom stereocenters. The molecule has 1 aromatic heterocycles. The molecule has 6 nitrogen and oxygen atoms in total. The highest BCUT2D eigenvalue weighted by atomic mass is 32.2. The van der Waals surface area contributed by atoms with Gasteiger partial charge in [0.1, 0.15) is 11.9 Å². The van der Waals surface area contributed by atoms with Crippen LogP contribution in [0.1, 0.15) is 24.0 Å². The van der Waals surface area contributed by atoms with Gasteiger partial charge in [-0.15, -0.1) is 0 Å². The first-order valence-electron chi connectivity index (χ1n) is 8.90. The van der Waals surface area contributed by atoms with Crippen LogP contribution in [0.2, 0.25) is 0 Å². The largest absolute Gasteiger partial charge is 0.356 e. The number of nitrogens with one attached hydrogen (secondary N) is 1. The summed E-state index contributed by atoms with van der Waals surface area (Å²) in [5.41, 5.74) is 1.42. The Balaban J connectivity index is 1.51. The Hall–Kier alpha value is -2.69. The molecule has 1 saturated heterocycles. The Kier molecular flexibility index (Phi) is 6.22. The second kappa shape index (κ2) is 8.80. The molecule has 0 spiro atoms. The Morgan fingerprint density at radius 1 is 1.19 bits per heavy atom. The van der Waals surface area contributed by atoms with Gasteiger partial charge in [-0.05, 0) is 42.5 Å². The van der Waals surface area contributed by atoms with E-state index in [1.807, 2.05) is 30.3 Å². The summed E-state index contributed by atoms with van der Waals surface area (Å²) in [6.45, 7) is 1.94. The second-order valence-corrected chi connectivity index (χ2v) is 8.17. The lowest BCUT2D eigenvalue weighted by molar-refractivity contribution is 0.401. The minimum atomic E-state index is -3.46. The van der Waals surface area contributed by atoms with Crippen molar-refractivity contribution in [2.75, 3.05) is 24.5 Å². The number of sulfonamides is 1. The highest BCUT2D eigenvalue weighted by Crippen LogP contribution is 2.23. The van der Waals surface area contributed by atoms with Gasteiger partial charge in [0.05, 0.1) is 5.56 Å². The molecule has 0 aliphatic carbocycles. The monoisotopic (exact) mass is 382 g/mol. The second-order valence-electron chi connectivity index (χ2n) is 6.52. The normalized spacial score (nSPS) is 15.7. The summed E-state index contributed by atoms with van der Waals surface area (Å²) in [5, 5.41) is 10.4. The van der Waals surface area contributed by atoms with Crippen LogP contribution in [-0.4, -0.2) is 33.0 Å². The fourth-order valence-corrected chi connectivity index (χ4v) is 4.00. The lowest BCUT2D eigenvalue weighted by Gasteiger charge is -2.33. The van der Waals surface area contributed by atoms with Gasteiger partial charge in [-0.3, -0.25) is 0 Å². The number of nitrogens with zero attached hydrogens (tertiary/aromatic N) is 3. The van der Waals surface area contributed by atoms with Crippen molar-refractivity contribution in [2.24, 2.45) is 5.92 Å². The first-order valence-corrected chi connectivity index (χ1v) is 10.4. The summed E-state index contributed by atoms with van der Waals surface area (Å²) in [4.78, 5) is 6.42. The average molecular weight is 382 g/mol. The van der Waals surface area contributed by atoms with E-state index in [1.54, 1.807) is 24.4 Å². The highest BCUT2D eigenvalue weighted by Gasteiger charge is 2.22. The molecule has 2 aromatic rings. The van der Waals surface area contributed by atoms with Crippen LogP contribution in [0.15, 0.2) is 54.1 Å². The molecule has 27 heavy (non-hydrogen) atoms. The molecule has 140 valence electrons. The van der Waals surface area contributed by atoms with E-state index in [0.29, 0.717) is 17.9 Å². The molecule has 0 saturated carbocycles. The van der Waals surface area contributed by atoms with Crippen molar-refractivity contribution in [1.82, 2.24) is 9.71 Å². The van der Waals surface area contributed by atoms with Gasteiger partial charge in [0, 0.05) is 31.2 Å². The summed E-state index contributed by atoms with van der Waals surface area (Å²) in [6.07, 6.45) is 4.99. The van der Waals surface area contributed by atoms with Gasteiger partial charge in [-0.2, -0.15) is 5.26 Å². The van der Waals surface area contributed by atoms with Crippen LogP contribution in [0, 0.1) is 17.2 Å². The van der Waals surface area contributed by atoms with Crippen LogP contribution in [0.25, 0.3) is 6.08 Å². The van der Waals surface area contributed by atoms with E-state index in [-0.39, 0.29) is 5.92 Å². The number of rotatable bonds is 6. The molecular formula is C20H22N4O2S. The van der Waals surface area contributed by atoms with Crippen LogP contribution >= 0.6 is 0 Å². The molecule has 1 aliphatic rings. The summed E-state index contributed by atoms with van der Waals surface area (Å²) < 4.78 is 27.0. The third-order valence-electron chi connectivity index (χ3n) is 4.63. The number of nitriles is 1. The number of piperidine rings is 1. The lowest BCUT2D eigenvalue weighted by atomic mass is 9.97. The summed E-state index contributed by atoms with van der Waals surface area (Å²) >= 11 is 0. The summed E-state index contributed by atoms with van der Waals surface area (Å²) in [7, 11) is -3.46. The van der Waals surface area contributed by atoms with Gasteiger partial charge in [0.15, 0.2) is 0 Å². The predicted molar refractivity (Wildman–Crippen MR) is 106 cm³/mol. The molecule has 0 radical (unpaired) electrons. The third kappa shape index (κ3) is 5.39. The Labute approximate surface area is 160 Å². The molecule has 0 amide bonds. The maximum absolute atomic E-state index is 12.2. The number of aromatic nitrogens is 1. The number of pyridine rings is 1. The van der Waals surface area contributed by atoms with Crippen LogP contribution < -0.4 is 9.62 Å². The van der Waals surface area contributed by atoms with Crippen LogP contribution in [-0.2, 0) is 10.0 Å². The van der Waals surface area contributed by atoms with Crippen LogP contribution in [0.4, 0.5) is 5.82 Å². The first kappa shape index (κ1) is 19.1. The molecular weight excluding hydrogens is 360 g/mol. The van der Waals surface area contributed by atoms with Crippen molar-refractivity contribution in [3.8, 4) is 6.07 Å². The van der Waals surface area contributed by atoms with Crippen molar-refractivity contribution in [3.05, 3.63) is 65.2 Å². The van der Waals surface area contributed by atoms with Crippen molar-refractivity contribution in [3.63, 3.8) is 0 Å². The molecule has 7 heteroatoms. The standard InChI is InChI=1S/C20H22N4O2S/c21-15-19-7-4-11-22-20(19)24-12-8-18(9-13-24)16-23-27(25,26)14-10-17-5-2-1-3-6-17/h1-7,10-11,14,18,23H,8-9,12-13,16H2/b14-10+. The van der Waals surface area contributed by atoms with E-state index in [0.717, 1.165) is 31.5 Å². The number of anilines is 1. The number of hydrogen-bond donors (Lipinski definition) is 1. The maximum Gasteiger partial charge on any atom is 0.233 e. The highest BCUT2D eigenvalue weighted by molar-refractivity contribution is 7.92. The van der Waals surface area contributed by atoms with Crippen LogP contribution in [0.5, 0.6) is 0 Å². The molecule has 1 aromatic carbocycles. The first-order chi connectivity index (χ1) is 13.1. The maximum atomic E-state index is 12.2. The smallest absolute Gasteiger partial charge is 0.233 e. The molecule has 0 bridgehead atoms. The van der Waals surface area contributed by atoms with Gasteiger partial charge < -0.3 is 4.90 Å². The van der Waals surface area contributed by atoms with Crippen molar-refractivity contribution in [1.29, 1.82) is 5.26 Å². The fourth-order valence-electron chi connectivity index (χ4n) is 3.10. The molecule has 1 fully saturated rings. The van der Waals surface area contributed by atoms with E-state index in [9.17, 15) is 13.7 Å². The SMILES string of the molecule is N#Cc1cccnc1N1CCC(CNS(=O)(=O)/C=C/c2ccccc2)CC1. The molecule has 1 aliphatic heterocycles. The summed E-state index contributed by atoms with van der Waals surface area (Å²) in [5.74, 6) is 0.986. The average Bonchev–Trinajstić information content (AvgIpc) is 2.72. The Morgan fingerprint density at radius 3 is 2.63 bits per heavy atom. The van der Waals surface area contributed by atoms with Crippen molar-refractivity contribution >= 4 is 21.9 Å². The quantitative estimate of drug-likeness (QED) is 0.830. The molecule has 2 heterocycles. The van der Waals surface area contributed by atoms with E-state index in [4.69, 9.17) is 0 Å². The zero-order valence-corrected chi connectivity index (χ0v) is 15.8. The van der Waals surface area contributed by atoms with E-state index < -0.39 is 10.0 Å². The van der Waals surface area contributed by atoms with E-state index in [2.05, 4.69) is 20.7 Å². The van der Waals surface area contributed by atoms with Crippen molar-refractivity contribution < 1.29 is 8.42 Å². The Morgan fingerprint density at radius 2 is 1.93 bits per heavy atom. The van der Waals surface area contributed by atoms with Crippen LogP contribution in [0.3, 0.4) is 0 Å². The minimum absolute atomic E-state index is 0.274. The molecule has 1 N–H and O–H groups in total. The van der Waals surface area contributed by atoms with Gasteiger partial charge in [-0.25, -0.2) is 18.1 Å². The summed E-state index contributed by atoms with van der Waals surface area (Å²) in [6, 6.07) is 15.0. The number of hydrogen-bond acceptors (Lipinski definition) is 5. The fraction of sp³-hybridized carbons (Fsp3) is 0.300. The topological polar surface area (TPSA) is 86.1 Å². The predicted octanol–water partition coefficient (Wildman–Crippen LogP) is 2.76. The van der Waals surface area contributed by atoms with E-state index >= 15 is 0 Å². The zero-order valence-electron chi connectivity index (χ0n) is 15.0. The van der Waals surface area contributed by atoms with Gasteiger partial charge in [0.25, 0.3) is 0 Å². The lowest BCUT2D eigenvalue weighted by Crippen LogP contribution is -2.39. The third-order valence-corrected chi connectivity index (χ3v) is 5.70. The number of benzene rings is 1. The van der Waals surface area contributed by atoms with E-state index in [1.165, 1.54) is 5.41 Å². The van der Waals surface area contributed by atoms with Gasteiger partial charge in [0.2, 0.25) is 10.0 Å². The zero-order chi connectivity index (χ0) is 19.1. The van der Waals surface area contributed by atoms with Crippen molar-refractivity contribution in [2.45, 2.75) is 12.8 Å². The Bertz CT molecular complexity index is 928. The minimum Gasteiger partial charge on any atom is -0.356 e.